The summed E-state index contributed by atoms with van der Waals surface area (Å²) < 4.78 is 5.34. The van der Waals surface area contributed by atoms with Crippen molar-refractivity contribution in [3.63, 3.8) is 0 Å². The normalized spacial score (nSPS) is 17.1. The third-order valence-electron chi connectivity index (χ3n) is 1.06. The minimum absolute atomic E-state index is 0.225. The van der Waals surface area contributed by atoms with Gasteiger partial charge in [0.05, 0.1) is 18.3 Å². The van der Waals surface area contributed by atoms with Gasteiger partial charge in [-0.15, -0.1) is 0 Å². The fourth-order valence-corrected chi connectivity index (χ4v) is 0.399. The molecule has 64 valence electrons. The summed E-state index contributed by atoms with van der Waals surface area (Å²) in [6, 6.07) is 1.97. The Labute approximate surface area is 68.1 Å². The van der Waals surface area contributed by atoms with E-state index in [2.05, 4.69) is 0 Å². The molecule has 0 aliphatic carbocycles. The van der Waals surface area contributed by atoms with Gasteiger partial charge < -0.3 is 10.5 Å². The maximum atomic E-state index is 8.54. The van der Waals surface area contributed by atoms with Gasteiger partial charge in [-0.25, -0.2) is 0 Å². The summed E-state index contributed by atoms with van der Waals surface area (Å²) >= 11 is 0. The molecule has 0 aromatic rings. The lowest BCUT2D eigenvalue weighted by atomic mass is 10.1. The quantitative estimate of drug-likeness (QED) is 0.650. The monoisotopic (exact) mass is 156 g/mol. The zero-order valence-corrected chi connectivity index (χ0v) is 7.64. The van der Waals surface area contributed by atoms with Crippen LogP contribution in [0, 0.1) is 11.3 Å². The molecule has 2 N–H and O–H groups in total. The highest BCUT2D eigenvalue weighted by atomic mass is 16.5. The minimum atomic E-state index is -0.868. The fraction of sp³-hybridized carbons (Fsp3) is 0.875. The van der Waals surface area contributed by atoms with Crippen molar-refractivity contribution >= 4 is 0 Å². The first-order valence-electron chi connectivity index (χ1n) is 3.61. The molecule has 0 saturated heterocycles. The molecule has 0 aliphatic rings. The Kier molecular flexibility index (Phi) is 3.03. The number of nitrogens with zero attached hydrogens (tertiary/aromatic N) is 1. The Balaban J connectivity index is 3.83. The van der Waals surface area contributed by atoms with Crippen molar-refractivity contribution in [1.82, 2.24) is 0 Å². The highest BCUT2D eigenvalue weighted by Crippen LogP contribution is 2.09. The summed E-state index contributed by atoms with van der Waals surface area (Å²) in [5.74, 6) is 0. The van der Waals surface area contributed by atoms with Gasteiger partial charge in [0.25, 0.3) is 0 Å². The Morgan fingerprint density at radius 2 is 1.82 bits per heavy atom. The zero-order valence-electron chi connectivity index (χ0n) is 7.64. The highest BCUT2D eigenvalue weighted by molar-refractivity contribution is 5.01. The number of hydrogen-bond donors (Lipinski definition) is 1. The number of rotatable bonds is 2. The van der Waals surface area contributed by atoms with Crippen LogP contribution < -0.4 is 5.73 Å². The molecule has 11 heavy (non-hydrogen) atoms. The molecule has 3 nitrogen and oxygen atoms in total. The Hall–Kier alpha value is -0.590. The molecule has 1 unspecified atom stereocenters. The van der Waals surface area contributed by atoms with E-state index in [1.54, 1.807) is 6.92 Å². The lowest BCUT2D eigenvalue weighted by Crippen LogP contribution is -2.42. The SMILES string of the molecule is CC(N)(C#N)COC(C)(C)C. The van der Waals surface area contributed by atoms with Crippen molar-refractivity contribution < 1.29 is 4.74 Å². The van der Waals surface area contributed by atoms with Gasteiger partial charge in [0.15, 0.2) is 0 Å². The van der Waals surface area contributed by atoms with Crippen LogP contribution in [0.3, 0.4) is 0 Å². The molecular weight excluding hydrogens is 140 g/mol. The summed E-state index contributed by atoms with van der Waals surface area (Å²) in [6.45, 7) is 7.72. The van der Waals surface area contributed by atoms with Crippen LogP contribution in [0.5, 0.6) is 0 Å². The molecule has 0 fully saturated rings. The van der Waals surface area contributed by atoms with Crippen molar-refractivity contribution in [3.05, 3.63) is 0 Å². The topological polar surface area (TPSA) is 59.0 Å². The van der Waals surface area contributed by atoms with E-state index in [-0.39, 0.29) is 12.2 Å². The average molecular weight is 156 g/mol. The second-order valence-electron chi connectivity index (χ2n) is 3.93. The lowest BCUT2D eigenvalue weighted by Gasteiger charge is -2.24. The standard InChI is InChI=1S/C8H16N2O/c1-7(2,3)11-6-8(4,10)5-9/h6,10H2,1-4H3. The van der Waals surface area contributed by atoms with Gasteiger partial charge in [0, 0.05) is 0 Å². The largest absolute Gasteiger partial charge is 0.373 e. The van der Waals surface area contributed by atoms with E-state index in [4.69, 9.17) is 15.7 Å². The Morgan fingerprint density at radius 1 is 1.36 bits per heavy atom. The molecule has 0 aromatic carbocycles. The first-order valence-corrected chi connectivity index (χ1v) is 3.61. The molecular formula is C8H16N2O. The smallest absolute Gasteiger partial charge is 0.125 e. The Morgan fingerprint density at radius 3 is 2.09 bits per heavy atom. The van der Waals surface area contributed by atoms with Crippen molar-refractivity contribution in [3.8, 4) is 6.07 Å². The summed E-state index contributed by atoms with van der Waals surface area (Å²) in [5.41, 5.74) is 4.44. The molecule has 3 heteroatoms. The third kappa shape index (κ3) is 5.84. The summed E-state index contributed by atoms with van der Waals surface area (Å²) in [7, 11) is 0. The average Bonchev–Trinajstić information content (AvgIpc) is 1.83. The molecule has 0 bridgehead atoms. The molecule has 0 heterocycles. The van der Waals surface area contributed by atoms with Gasteiger partial charge in [-0.1, -0.05) is 0 Å². The first kappa shape index (κ1) is 10.4. The molecule has 0 spiro atoms. The number of nitriles is 1. The Bertz CT molecular complexity index is 162. The van der Waals surface area contributed by atoms with E-state index in [1.807, 2.05) is 26.8 Å². The second-order valence-corrected chi connectivity index (χ2v) is 3.93. The van der Waals surface area contributed by atoms with Crippen LogP contribution >= 0.6 is 0 Å². The van der Waals surface area contributed by atoms with Gasteiger partial charge in [0.2, 0.25) is 0 Å². The van der Waals surface area contributed by atoms with Crippen LogP contribution in [-0.4, -0.2) is 17.7 Å². The molecule has 0 radical (unpaired) electrons. The zero-order chi connectivity index (χ0) is 9.12. The molecule has 0 aliphatic heterocycles. The predicted molar refractivity (Wildman–Crippen MR) is 43.9 cm³/mol. The second kappa shape index (κ2) is 3.21. The van der Waals surface area contributed by atoms with E-state index < -0.39 is 5.54 Å². The van der Waals surface area contributed by atoms with Gasteiger partial charge in [0.1, 0.15) is 5.54 Å². The van der Waals surface area contributed by atoms with Crippen LogP contribution in [0.15, 0.2) is 0 Å². The van der Waals surface area contributed by atoms with Crippen LogP contribution in [0.25, 0.3) is 0 Å². The molecule has 0 rings (SSSR count). The summed E-state index contributed by atoms with van der Waals surface area (Å²) in [6.07, 6.45) is 0. The van der Waals surface area contributed by atoms with E-state index in [1.165, 1.54) is 0 Å². The van der Waals surface area contributed by atoms with Crippen molar-refractivity contribution in [2.45, 2.75) is 38.8 Å². The van der Waals surface area contributed by atoms with Crippen molar-refractivity contribution in [2.24, 2.45) is 5.73 Å². The third-order valence-corrected chi connectivity index (χ3v) is 1.06. The maximum Gasteiger partial charge on any atom is 0.125 e. The van der Waals surface area contributed by atoms with Gasteiger partial charge in [-0.05, 0) is 27.7 Å². The van der Waals surface area contributed by atoms with Gasteiger partial charge >= 0.3 is 0 Å². The van der Waals surface area contributed by atoms with Crippen LogP contribution in [0.1, 0.15) is 27.7 Å². The summed E-state index contributed by atoms with van der Waals surface area (Å²) in [4.78, 5) is 0. The van der Waals surface area contributed by atoms with Crippen molar-refractivity contribution in [1.29, 1.82) is 5.26 Å². The maximum absolute atomic E-state index is 8.54. The highest BCUT2D eigenvalue weighted by Gasteiger charge is 2.21. The van der Waals surface area contributed by atoms with Gasteiger partial charge in [-0.2, -0.15) is 5.26 Å². The molecule has 0 aromatic heterocycles. The van der Waals surface area contributed by atoms with Crippen LogP contribution in [0.2, 0.25) is 0 Å². The van der Waals surface area contributed by atoms with Crippen LogP contribution in [-0.2, 0) is 4.74 Å². The van der Waals surface area contributed by atoms with E-state index in [0.29, 0.717) is 0 Å². The molecule has 1 atom stereocenters. The summed E-state index contributed by atoms with van der Waals surface area (Å²) in [5, 5.41) is 8.54. The fourth-order valence-electron chi connectivity index (χ4n) is 0.399. The number of nitrogens with two attached hydrogens (primary N) is 1. The lowest BCUT2D eigenvalue weighted by molar-refractivity contribution is -0.0173. The molecule has 0 amide bonds. The van der Waals surface area contributed by atoms with Crippen LogP contribution in [0.4, 0.5) is 0 Å². The first-order chi connectivity index (χ1) is 4.77. The minimum Gasteiger partial charge on any atom is -0.373 e. The van der Waals surface area contributed by atoms with Crippen molar-refractivity contribution in [2.75, 3.05) is 6.61 Å². The number of ether oxygens (including phenoxy) is 1. The van der Waals surface area contributed by atoms with Gasteiger partial charge in [-0.3, -0.25) is 0 Å². The van der Waals surface area contributed by atoms with E-state index in [9.17, 15) is 0 Å². The predicted octanol–water partition coefficient (Wildman–Crippen LogP) is 1.04. The van der Waals surface area contributed by atoms with E-state index >= 15 is 0 Å². The number of hydrogen-bond acceptors (Lipinski definition) is 3. The molecule has 0 saturated carbocycles. The van der Waals surface area contributed by atoms with E-state index in [0.717, 1.165) is 0 Å².